The van der Waals surface area contributed by atoms with Crippen molar-refractivity contribution in [2.24, 2.45) is 0 Å². The van der Waals surface area contributed by atoms with E-state index in [9.17, 15) is 4.79 Å². The van der Waals surface area contributed by atoms with Gasteiger partial charge in [0.05, 0.1) is 19.0 Å². The average Bonchev–Trinajstić information content (AvgIpc) is 3.36. The number of nitrogens with zero attached hydrogens (tertiary/aromatic N) is 3. The van der Waals surface area contributed by atoms with Gasteiger partial charge in [-0.1, -0.05) is 6.07 Å². The van der Waals surface area contributed by atoms with E-state index in [0.717, 1.165) is 54.3 Å². The second kappa shape index (κ2) is 7.54. The molecule has 6 nitrogen and oxygen atoms in total. The Kier molecular flexibility index (Phi) is 4.94. The number of ether oxygens (including phenoxy) is 1. The number of aromatic amines is 1. The van der Waals surface area contributed by atoms with Crippen LogP contribution in [0, 0.1) is 13.8 Å². The van der Waals surface area contributed by atoms with Crippen molar-refractivity contribution in [2.45, 2.75) is 32.6 Å². The first-order valence-corrected chi connectivity index (χ1v) is 9.69. The average molecular weight is 378 g/mol. The highest BCUT2D eigenvalue weighted by Crippen LogP contribution is 2.29. The van der Waals surface area contributed by atoms with Crippen molar-refractivity contribution >= 4 is 5.91 Å². The predicted octanol–water partition coefficient (Wildman–Crippen LogP) is 3.85. The number of imidazole rings is 1. The van der Waals surface area contributed by atoms with E-state index in [1.165, 1.54) is 5.69 Å². The molecule has 4 rings (SSSR count). The maximum Gasteiger partial charge on any atom is 0.255 e. The third-order valence-electron chi connectivity index (χ3n) is 5.71. The number of methoxy groups -OCH3 is 1. The van der Waals surface area contributed by atoms with Crippen LogP contribution in [0.1, 0.15) is 46.2 Å². The van der Waals surface area contributed by atoms with Gasteiger partial charge in [0.25, 0.3) is 5.91 Å². The van der Waals surface area contributed by atoms with Crippen LogP contribution in [0.4, 0.5) is 0 Å². The highest BCUT2D eigenvalue weighted by Gasteiger charge is 2.27. The summed E-state index contributed by atoms with van der Waals surface area (Å²) in [5, 5.41) is 0. The Morgan fingerprint density at radius 3 is 2.68 bits per heavy atom. The molecule has 1 fully saturated rings. The number of amides is 1. The number of carbonyl (C=O) groups excluding carboxylic acids is 1. The number of rotatable bonds is 4. The number of piperidine rings is 1. The molecule has 1 aliphatic rings. The minimum absolute atomic E-state index is 0.116. The molecule has 0 saturated carbocycles. The molecule has 1 N–H and O–H groups in total. The molecule has 1 amide bonds. The third-order valence-corrected chi connectivity index (χ3v) is 5.71. The van der Waals surface area contributed by atoms with E-state index < -0.39 is 0 Å². The lowest BCUT2D eigenvalue weighted by Crippen LogP contribution is -2.38. The number of hydrogen-bond acceptors (Lipinski definition) is 3. The fraction of sp³-hybridized carbons (Fsp3) is 0.364. The summed E-state index contributed by atoms with van der Waals surface area (Å²) in [5.41, 5.74) is 4.96. The van der Waals surface area contributed by atoms with E-state index in [-0.39, 0.29) is 5.91 Å². The molecular formula is C22H26N4O2. The lowest BCUT2D eigenvalue weighted by atomic mass is 9.93. The summed E-state index contributed by atoms with van der Waals surface area (Å²) in [7, 11) is 1.66. The van der Waals surface area contributed by atoms with Crippen molar-refractivity contribution in [3.05, 3.63) is 65.5 Å². The molecule has 3 heterocycles. The summed E-state index contributed by atoms with van der Waals surface area (Å²) in [6, 6.07) is 9.91. The SMILES string of the molecule is COc1cccc(-n2c(C)cc(C(=O)N3CCC(c4cnc[nH]4)CC3)c2C)c1. The van der Waals surface area contributed by atoms with Gasteiger partial charge in [0.15, 0.2) is 0 Å². The van der Waals surface area contributed by atoms with Gasteiger partial charge in [-0.05, 0) is 44.9 Å². The molecule has 0 radical (unpaired) electrons. The van der Waals surface area contributed by atoms with Crippen molar-refractivity contribution in [3.63, 3.8) is 0 Å². The largest absolute Gasteiger partial charge is 0.497 e. The third kappa shape index (κ3) is 3.30. The van der Waals surface area contributed by atoms with E-state index >= 15 is 0 Å². The van der Waals surface area contributed by atoms with Crippen LogP contribution in [0.3, 0.4) is 0 Å². The molecule has 0 spiro atoms. The van der Waals surface area contributed by atoms with Crippen LogP contribution < -0.4 is 4.74 Å². The summed E-state index contributed by atoms with van der Waals surface area (Å²) in [6.45, 7) is 5.58. The smallest absolute Gasteiger partial charge is 0.255 e. The van der Waals surface area contributed by atoms with Gasteiger partial charge in [-0.15, -0.1) is 0 Å². The topological polar surface area (TPSA) is 63.1 Å². The Bertz CT molecular complexity index is 967. The number of likely N-dealkylation sites (tertiary alicyclic amines) is 1. The van der Waals surface area contributed by atoms with Crippen molar-refractivity contribution < 1.29 is 9.53 Å². The van der Waals surface area contributed by atoms with Gasteiger partial charge in [0, 0.05) is 54.0 Å². The van der Waals surface area contributed by atoms with Gasteiger partial charge in [0.1, 0.15) is 5.75 Å². The van der Waals surface area contributed by atoms with E-state index in [1.54, 1.807) is 13.4 Å². The zero-order valence-electron chi connectivity index (χ0n) is 16.6. The van der Waals surface area contributed by atoms with Gasteiger partial charge in [-0.25, -0.2) is 4.98 Å². The van der Waals surface area contributed by atoms with Gasteiger partial charge < -0.3 is 19.2 Å². The quantitative estimate of drug-likeness (QED) is 0.750. The van der Waals surface area contributed by atoms with Crippen molar-refractivity contribution in [3.8, 4) is 11.4 Å². The molecule has 146 valence electrons. The Morgan fingerprint density at radius 1 is 1.21 bits per heavy atom. The number of hydrogen-bond donors (Lipinski definition) is 1. The maximum atomic E-state index is 13.2. The zero-order valence-corrected chi connectivity index (χ0v) is 16.6. The zero-order chi connectivity index (χ0) is 19.7. The van der Waals surface area contributed by atoms with Gasteiger partial charge in [0.2, 0.25) is 0 Å². The molecule has 2 aromatic heterocycles. The second-order valence-electron chi connectivity index (χ2n) is 7.40. The van der Waals surface area contributed by atoms with Crippen LogP contribution in [-0.2, 0) is 0 Å². The molecule has 28 heavy (non-hydrogen) atoms. The normalized spacial score (nSPS) is 15.0. The Labute approximate surface area is 165 Å². The molecular weight excluding hydrogens is 352 g/mol. The summed E-state index contributed by atoms with van der Waals surface area (Å²) < 4.78 is 7.47. The molecule has 0 unspecified atom stereocenters. The molecule has 6 heteroatoms. The maximum absolute atomic E-state index is 13.2. The summed E-state index contributed by atoms with van der Waals surface area (Å²) in [4.78, 5) is 22.5. The van der Waals surface area contributed by atoms with Crippen molar-refractivity contribution in [2.75, 3.05) is 20.2 Å². The minimum Gasteiger partial charge on any atom is -0.497 e. The standard InChI is InChI=1S/C22H26N4O2/c1-15-11-20(16(2)26(15)18-5-4-6-19(12-18)28-3)22(27)25-9-7-17(8-10-25)21-13-23-14-24-21/h4-6,11-14,17H,7-10H2,1-3H3,(H,23,24). The summed E-state index contributed by atoms with van der Waals surface area (Å²) >= 11 is 0. The number of aromatic nitrogens is 3. The molecule has 1 aliphatic heterocycles. The first kappa shape index (κ1) is 18.3. The lowest BCUT2D eigenvalue weighted by Gasteiger charge is -2.31. The van der Waals surface area contributed by atoms with Crippen LogP contribution in [0.15, 0.2) is 42.9 Å². The number of H-pyrrole nitrogens is 1. The summed E-state index contributed by atoms with van der Waals surface area (Å²) in [5.74, 6) is 1.37. The minimum atomic E-state index is 0.116. The second-order valence-corrected chi connectivity index (χ2v) is 7.40. The fourth-order valence-electron chi connectivity index (χ4n) is 4.18. The Morgan fingerprint density at radius 2 is 2.00 bits per heavy atom. The first-order chi connectivity index (χ1) is 13.6. The first-order valence-electron chi connectivity index (χ1n) is 9.69. The van der Waals surface area contributed by atoms with Crippen LogP contribution in [0.5, 0.6) is 5.75 Å². The van der Waals surface area contributed by atoms with E-state index in [0.29, 0.717) is 5.92 Å². The van der Waals surface area contributed by atoms with Crippen molar-refractivity contribution in [1.29, 1.82) is 0 Å². The number of benzene rings is 1. The summed E-state index contributed by atoms with van der Waals surface area (Å²) in [6.07, 6.45) is 5.54. The van der Waals surface area contributed by atoms with Gasteiger partial charge in [-0.2, -0.15) is 0 Å². The van der Waals surface area contributed by atoms with E-state index in [4.69, 9.17) is 4.74 Å². The van der Waals surface area contributed by atoms with E-state index in [2.05, 4.69) is 14.5 Å². The van der Waals surface area contributed by atoms with Gasteiger partial charge in [-0.3, -0.25) is 4.79 Å². The lowest BCUT2D eigenvalue weighted by molar-refractivity contribution is 0.0711. The molecule has 1 saturated heterocycles. The highest BCUT2D eigenvalue weighted by atomic mass is 16.5. The van der Waals surface area contributed by atoms with Crippen LogP contribution in [0.2, 0.25) is 0 Å². The van der Waals surface area contributed by atoms with Crippen molar-refractivity contribution in [1.82, 2.24) is 19.4 Å². The number of aryl methyl sites for hydroxylation is 1. The molecule has 0 aliphatic carbocycles. The Hall–Kier alpha value is -3.02. The van der Waals surface area contributed by atoms with Crippen LogP contribution in [0.25, 0.3) is 5.69 Å². The fourth-order valence-corrected chi connectivity index (χ4v) is 4.18. The van der Waals surface area contributed by atoms with Gasteiger partial charge >= 0.3 is 0 Å². The highest BCUT2D eigenvalue weighted by molar-refractivity contribution is 5.96. The number of carbonyl (C=O) groups is 1. The number of nitrogens with one attached hydrogen (secondary N) is 1. The van der Waals surface area contributed by atoms with Crippen LogP contribution >= 0.6 is 0 Å². The molecule has 0 bridgehead atoms. The molecule has 3 aromatic rings. The Balaban J connectivity index is 1.54. The van der Waals surface area contributed by atoms with E-state index in [1.807, 2.05) is 55.3 Å². The molecule has 1 aromatic carbocycles. The van der Waals surface area contributed by atoms with Crippen LogP contribution in [-0.4, -0.2) is 45.5 Å². The predicted molar refractivity (Wildman–Crippen MR) is 108 cm³/mol. The molecule has 0 atom stereocenters. The monoisotopic (exact) mass is 378 g/mol.